The number of hydrogen-bond acceptors (Lipinski definition) is 5. The van der Waals surface area contributed by atoms with Crippen LogP contribution in [0.4, 0.5) is 0 Å². The standard InChI is InChI=1S/C22H20N2O4S/c25-21(26)13-12-19(20-7-4-14-29-20)23-24-22(27)17-10-8-16(9-11-17)15-28-18-5-2-1-3-6-18/h1-11,14H,12-13,15H2,(H,24,27)(H,25,26)/b23-19+. The third-order valence-corrected chi connectivity index (χ3v) is 4.96. The number of rotatable bonds is 9. The van der Waals surface area contributed by atoms with Crippen LogP contribution in [0.2, 0.25) is 0 Å². The molecule has 7 heteroatoms. The lowest BCUT2D eigenvalue weighted by molar-refractivity contribution is -0.136. The van der Waals surface area contributed by atoms with Crippen molar-refractivity contribution in [1.82, 2.24) is 5.43 Å². The second-order valence-electron chi connectivity index (χ2n) is 6.17. The summed E-state index contributed by atoms with van der Waals surface area (Å²) in [6.07, 6.45) is 0.189. The van der Waals surface area contributed by atoms with Gasteiger partial charge in [0.1, 0.15) is 12.4 Å². The van der Waals surface area contributed by atoms with Crippen molar-refractivity contribution in [2.24, 2.45) is 5.10 Å². The molecule has 148 valence electrons. The molecule has 2 N–H and O–H groups in total. The minimum Gasteiger partial charge on any atom is -0.489 e. The summed E-state index contributed by atoms with van der Waals surface area (Å²) in [5.41, 5.74) is 4.46. The smallest absolute Gasteiger partial charge is 0.303 e. The third kappa shape index (κ3) is 6.29. The molecule has 1 aromatic heterocycles. The number of nitrogens with one attached hydrogen (secondary N) is 1. The summed E-state index contributed by atoms with van der Waals surface area (Å²) in [7, 11) is 0. The summed E-state index contributed by atoms with van der Waals surface area (Å²) in [6.45, 7) is 0.405. The second-order valence-corrected chi connectivity index (χ2v) is 7.12. The first-order valence-corrected chi connectivity index (χ1v) is 9.89. The quantitative estimate of drug-likeness (QED) is 0.408. The van der Waals surface area contributed by atoms with E-state index < -0.39 is 5.97 Å². The number of carboxylic acid groups (broad SMARTS) is 1. The first kappa shape index (κ1) is 20.3. The fraction of sp³-hybridized carbons (Fsp3) is 0.136. The Morgan fingerprint density at radius 1 is 0.966 bits per heavy atom. The van der Waals surface area contributed by atoms with Crippen LogP contribution < -0.4 is 10.2 Å². The third-order valence-electron chi connectivity index (χ3n) is 4.04. The molecule has 1 heterocycles. The van der Waals surface area contributed by atoms with Crippen LogP contribution >= 0.6 is 11.3 Å². The molecule has 0 saturated carbocycles. The molecule has 1 amide bonds. The van der Waals surface area contributed by atoms with Crippen molar-refractivity contribution in [1.29, 1.82) is 0 Å². The van der Waals surface area contributed by atoms with Crippen LogP contribution in [0.3, 0.4) is 0 Å². The van der Waals surface area contributed by atoms with Crippen molar-refractivity contribution >= 4 is 28.9 Å². The number of ether oxygens (including phenoxy) is 1. The Hall–Kier alpha value is -3.45. The molecule has 0 bridgehead atoms. The molecule has 6 nitrogen and oxygen atoms in total. The molecule has 3 aromatic rings. The summed E-state index contributed by atoms with van der Waals surface area (Å²) in [4.78, 5) is 24.1. The summed E-state index contributed by atoms with van der Waals surface area (Å²) in [6, 6.07) is 20.3. The zero-order valence-corrected chi connectivity index (χ0v) is 16.4. The molecule has 0 spiro atoms. The van der Waals surface area contributed by atoms with Crippen molar-refractivity contribution in [2.45, 2.75) is 19.4 Å². The maximum absolute atomic E-state index is 12.4. The lowest BCUT2D eigenvalue weighted by atomic mass is 10.1. The van der Waals surface area contributed by atoms with Crippen LogP contribution in [0.25, 0.3) is 0 Å². The number of para-hydroxylation sites is 1. The van der Waals surface area contributed by atoms with Gasteiger partial charge in [-0.15, -0.1) is 11.3 Å². The Morgan fingerprint density at radius 2 is 1.72 bits per heavy atom. The van der Waals surface area contributed by atoms with Gasteiger partial charge in [0.15, 0.2) is 0 Å². The Kier molecular flexibility index (Phi) is 7.13. The van der Waals surface area contributed by atoms with Gasteiger partial charge in [-0.2, -0.15) is 5.10 Å². The summed E-state index contributed by atoms with van der Waals surface area (Å²) in [5, 5.41) is 14.9. The van der Waals surface area contributed by atoms with E-state index in [0.29, 0.717) is 17.9 Å². The first-order valence-electron chi connectivity index (χ1n) is 9.01. The predicted molar refractivity (Wildman–Crippen MR) is 112 cm³/mol. The van der Waals surface area contributed by atoms with Gasteiger partial charge in [0.05, 0.1) is 17.0 Å². The summed E-state index contributed by atoms with van der Waals surface area (Å²) < 4.78 is 5.69. The number of carbonyl (C=O) groups excluding carboxylic acids is 1. The number of thiophene rings is 1. The van der Waals surface area contributed by atoms with Crippen molar-refractivity contribution in [2.75, 3.05) is 0 Å². The van der Waals surface area contributed by atoms with Crippen LogP contribution in [0.5, 0.6) is 5.75 Å². The fourth-order valence-corrected chi connectivity index (χ4v) is 3.27. The average molecular weight is 408 g/mol. The van der Waals surface area contributed by atoms with E-state index in [0.717, 1.165) is 16.2 Å². The normalized spacial score (nSPS) is 11.1. The zero-order chi connectivity index (χ0) is 20.5. The minimum atomic E-state index is -0.908. The summed E-state index contributed by atoms with van der Waals surface area (Å²) in [5.74, 6) is -0.482. The lowest BCUT2D eigenvalue weighted by Gasteiger charge is -2.07. The van der Waals surface area contributed by atoms with E-state index in [9.17, 15) is 9.59 Å². The van der Waals surface area contributed by atoms with E-state index in [1.54, 1.807) is 12.1 Å². The highest BCUT2D eigenvalue weighted by molar-refractivity contribution is 7.12. The number of aliphatic carboxylic acids is 1. The Balaban J connectivity index is 1.60. The van der Waals surface area contributed by atoms with Gasteiger partial charge in [0.25, 0.3) is 5.91 Å². The monoisotopic (exact) mass is 408 g/mol. The molecular formula is C22H20N2O4S. The van der Waals surface area contributed by atoms with Crippen LogP contribution in [0.15, 0.2) is 77.2 Å². The molecule has 0 fully saturated rings. The molecule has 0 aliphatic carbocycles. The van der Waals surface area contributed by atoms with Gasteiger partial charge in [-0.1, -0.05) is 36.4 Å². The second kappa shape index (κ2) is 10.2. The van der Waals surface area contributed by atoms with Crippen LogP contribution in [0, 0.1) is 0 Å². The molecule has 0 aliphatic heterocycles. The molecular weight excluding hydrogens is 388 g/mol. The van der Waals surface area contributed by atoms with Crippen molar-refractivity contribution < 1.29 is 19.4 Å². The van der Waals surface area contributed by atoms with Gasteiger partial charge < -0.3 is 9.84 Å². The van der Waals surface area contributed by atoms with E-state index in [1.807, 2.05) is 60.0 Å². The number of carboxylic acids is 1. The van der Waals surface area contributed by atoms with E-state index in [2.05, 4.69) is 10.5 Å². The topological polar surface area (TPSA) is 88.0 Å². The van der Waals surface area contributed by atoms with Crippen molar-refractivity contribution in [3.8, 4) is 5.75 Å². The molecule has 3 rings (SSSR count). The van der Waals surface area contributed by atoms with Crippen LogP contribution in [-0.2, 0) is 11.4 Å². The number of hydrogen-bond donors (Lipinski definition) is 2. The van der Waals surface area contributed by atoms with Crippen LogP contribution in [-0.4, -0.2) is 22.7 Å². The maximum Gasteiger partial charge on any atom is 0.303 e. The molecule has 0 unspecified atom stereocenters. The van der Waals surface area contributed by atoms with Gasteiger partial charge in [-0.25, -0.2) is 5.43 Å². The van der Waals surface area contributed by atoms with Crippen molar-refractivity contribution in [3.63, 3.8) is 0 Å². The molecule has 29 heavy (non-hydrogen) atoms. The number of amides is 1. The Labute approximate surface area is 172 Å². The van der Waals surface area contributed by atoms with E-state index in [-0.39, 0.29) is 18.7 Å². The molecule has 0 aliphatic rings. The number of carbonyl (C=O) groups is 2. The fourth-order valence-electron chi connectivity index (χ4n) is 2.52. The van der Waals surface area contributed by atoms with E-state index in [1.165, 1.54) is 11.3 Å². The highest BCUT2D eigenvalue weighted by atomic mass is 32.1. The molecule has 0 saturated heterocycles. The van der Waals surface area contributed by atoms with Gasteiger partial charge in [0, 0.05) is 12.0 Å². The highest BCUT2D eigenvalue weighted by Gasteiger charge is 2.10. The predicted octanol–water partition coefficient (Wildman–Crippen LogP) is 4.33. The lowest BCUT2D eigenvalue weighted by Crippen LogP contribution is -2.20. The number of benzene rings is 2. The zero-order valence-electron chi connectivity index (χ0n) is 15.6. The summed E-state index contributed by atoms with van der Waals surface area (Å²) >= 11 is 1.45. The maximum atomic E-state index is 12.4. The van der Waals surface area contributed by atoms with E-state index >= 15 is 0 Å². The first-order chi connectivity index (χ1) is 14.1. The highest BCUT2D eigenvalue weighted by Crippen LogP contribution is 2.14. The minimum absolute atomic E-state index is 0.0529. The largest absolute Gasteiger partial charge is 0.489 e. The molecule has 2 aromatic carbocycles. The average Bonchev–Trinajstić information content (AvgIpc) is 3.28. The van der Waals surface area contributed by atoms with Crippen LogP contribution in [0.1, 0.15) is 33.6 Å². The SMILES string of the molecule is O=C(O)CC/C(=N\NC(=O)c1ccc(COc2ccccc2)cc1)c1cccs1. The van der Waals surface area contributed by atoms with Gasteiger partial charge in [-0.05, 0) is 41.3 Å². The van der Waals surface area contributed by atoms with Gasteiger partial charge in [-0.3, -0.25) is 9.59 Å². The Bertz CT molecular complexity index is 968. The number of nitrogens with zero attached hydrogens (tertiary/aromatic N) is 1. The van der Waals surface area contributed by atoms with Crippen molar-refractivity contribution in [3.05, 3.63) is 88.1 Å². The van der Waals surface area contributed by atoms with Gasteiger partial charge >= 0.3 is 5.97 Å². The number of hydrazone groups is 1. The van der Waals surface area contributed by atoms with E-state index in [4.69, 9.17) is 9.84 Å². The Morgan fingerprint density at radius 3 is 2.38 bits per heavy atom. The molecule has 0 radical (unpaired) electrons. The van der Waals surface area contributed by atoms with Gasteiger partial charge in [0.2, 0.25) is 0 Å². The molecule has 0 atom stereocenters.